The Morgan fingerprint density at radius 3 is 2.68 bits per heavy atom. The Balaban J connectivity index is 3.04. The summed E-state index contributed by atoms with van der Waals surface area (Å²) in [6.45, 7) is 6.79. The summed E-state index contributed by atoms with van der Waals surface area (Å²) in [7, 11) is 0. The fourth-order valence-corrected chi connectivity index (χ4v) is 1.96. The van der Waals surface area contributed by atoms with E-state index in [0.717, 1.165) is 38.1 Å². The fraction of sp³-hybridized carbons (Fsp3) is 0.571. The highest BCUT2D eigenvalue weighted by atomic mass is 19.1. The maximum absolute atomic E-state index is 13.1. The van der Waals surface area contributed by atoms with Crippen molar-refractivity contribution in [3.63, 3.8) is 0 Å². The third-order valence-corrected chi connectivity index (χ3v) is 2.96. The average Bonchev–Trinajstić information content (AvgIpc) is 2.35. The second-order valence-electron chi connectivity index (χ2n) is 4.82. The number of pyridine rings is 1. The van der Waals surface area contributed by atoms with Crippen LogP contribution >= 0.6 is 0 Å². The Bertz CT molecular complexity index is 435. The molecule has 0 radical (unpaired) electrons. The number of halogens is 1. The van der Waals surface area contributed by atoms with Crippen molar-refractivity contribution in [3.8, 4) is 0 Å². The van der Waals surface area contributed by atoms with Crippen LogP contribution in [0.5, 0.6) is 0 Å². The molecule has 0 spiro atoms. The van der Waals surface area contributed by atoms with Crippen molar-refractivity contribution in [3.05, 3.63) is 23.6 Å². The first-order chi connectivity index (χ1) is 8.97. The van der Waals surface area contributed by atoms with Crippen LogP contribution in [0.4, 0.5) is 10.2 Å². The monoisotopic (exact) mass is 268 g/mol. The highest BCUT2D eigenvalue weighted by Gasteiger charge is 2.20. The molecule has 1 aromatic heterocycles. The van der Waals surface area contributed by atoms with E-state index in [1.165, 1.54) is 0 Å². The van der Waals surface area contributed by atoms with Crippen LogP contribution < -0.4 is 4.90 Å². The molecule has 0 unspecified atom stereocenters. The molecular weight excluding hydrogens is 247 g/mol. The van der Waals surface area contributed by atoms with Gasteiger partial charge in [0.1, 0.15) is 17.2 Å². The molecule has 0 saturated heterocycles. The number of carbonyl (C=O) groups is 1. The normalized spacial score (nSPS) is 10.8. The second kappa shape index (κ2) is 7.07. The molecule has 1 heterocycles. The van der Waals surface area contributed by atoms with Gasteiger partial charge in [0.15, 0.2) is 0 Å². The van der Waals surface area contributed by atoms with Crippen molar-refractivity contribution in [1.29, 1.82) is 0 Å². The van der Waals surface area contributed by atoms with Crippen LogP contribution in [-0.2, 0) is 0 Å². The summed E-state index contributed by atoms with van der Waals surface area (Å²) in [6, 6.07) is 1.15. The molecule has 0 aliphatic heterocycles. The standard InChI is InChI=1S/C14H21FN2O2/c1-4-5-6-7-17(10(2)3)13-12(14(18)19)8-11(15)9-16-13/h8-10H,4-7H2,1-3H3,(H,18,19). The minimum absolute atomic E-state index is 0.0785. The summed E-state index contributed by atoms with van der Waals surface area (Å²) < 4.78 is 13.1. The highest BCUT2D eigenvalue weighted by molar-refractivity contribution is 5.93. The van der Waals surface area contributed by atoms with Gasteiger partial charge in [-0.15, -0.1) is 0 Å². The lowest BCUT2D eigenvalue weighted by atomic mass is 10.1. The van der Waals surface area contributed by atoms with E-state index in [0.29, 0.717) is 5.82 Å². The first kappa shape index (κ1) is 15.4. The van der Waals surface area contributed by atoms with Gasteiger partial charge in [0.05, 0.1) is 6.20 Å². The van der Waals surface area contributed by atoms with E-state index in [2.05, 4.69) is 11.9 Å². The Labute approximate surface area is 113 Å². The number of carboxylic acid groups (broad SMARTS) is 1. The van der Waals surface area contributed by atoms with Crippen molar-refractivity contribution in [2.24, 2.45) is 0 Å². The maximum atomic E-state index is 13.1. The van der Waals surface area contributed by atoms with Crippen LogP contribution in [0.1, 0.15) is 50.4 Å². The summed E-state index contributed by atoms with van der Waals surface area (Å²) in [4.78, 5) is 17.1. The third kappa shape index (κ3) is 4.19. The van der Waals surface area contributed by atoms with Gasteiger partial charge in [-0.2, -0.15) is 0 Å². The number of aromatic carboxylic acids is 1. The van der Waals surface area contributed by atoms with Gasteiger partial charge in [-0.05, 0) is 26.3 Å². The van der Waals surface area contributed by atoms with Crippen molar-refractivity contribution >= 4 is 11.8 Å². The Kier molecular flexibility index (Phi) is 5.73. The molecule has 0 saturated carbocycles. The first-order valence-corrected chi connectivity index (χ1v) is 6.62. The lowest BCUT2D eigenvalue weighted by Gasteiger charge is -2.29. The predicted molar refractivity (Wildman–Crippen MR) is 73.2 cm³/mol. The van der Waals surface area contributed by atoms with Crippen LogP contribution in [0, 0.1) is 5.82 Å². The average molecular weight is 268 g/mol. The number of aromatic nitrogens is 1. The lowest BCUT2D eigenvalue weighted by Crippen LogP contribution is -2.34. The summed E-state index contributed by atoms with van der Waals surface area (Å²) in [6.07, 6.45) is 4.20. The molecule has 19 heavy (non-hydrogen) atoms. The molecule has 0 amide bonds. The maximum Gasteiger partial charge on any atom is 0.339 e. The largest absolute Gasteiger partial charge is 0.478 e. The molecule has 4 nitrogen and oxygen atoms in total. The minimum Gasteiger partial charge on any atom is -0.478 e. The molecule has 106 valence electrons. The number of unbranched alkanes of at least 4 members (excludes halogenated alkanes) is 2. The van der Waals surface area contributed by atoms with E-state index in [9.17, 15) is 9.18 Å². The summed E-state index contributed by atoms with van der Waals surface area (Å²) in [5.41, 5.74) is -0.0785. The van der Waals surface area contributed by atoms with E-state index < -0.39 is 11.8 Å². The number of hydrogen-bond donors (Lipinski definition) is 1. The zero-order chi connectivity index (χ0) is 14.4. The van der Waals surface area contributed by atoms with Gasteiger partial charge in [-0.3, -0.25) is 0 Å². The van der Waals surface area contributed by atoms with Crippen molar-refractivity contribution in [1.82, 2.24) is 4.98 Å². The van der Waals surface area contributed by atoms with E-state index >= 15 is 0 Å². The smallest absolute Gasteiger partial charge is 0.339 e. The van der Waals surface area contributed by atoms with Gasteiger partial charge in [-0.25, -0.2) is 14.2 Å². The number of hydrogen-bond acceptors (Lipinski definition) is 3. The Hall–Kier alpha value is -1.65. The molecule has 0 aromatic carbocycles. The third-order valence-electron chi connectivity index (χ3n) is 2.96. The minimum atomic E-state index is -1.15. The van der Waals surface area contributed by atoms with Gasteiger partial charge in [0.25, 0.3) is 0 Å². The van der Waals surface area contributed by atoms with Gasteiger partial charge in [0, 0.05) is 12.6 Å². The van der Waals surface area contributed by atoms with Gasteiger partial charge in [0.2, 0.25) is 0 Å². The molecule has 1 N–H and O–H groups in total. The van der Waals surface area contributed by atoms with Gasteiger partial charge < -0.3 is 10.0 Å². The molecule has 0 atom stereocenters. The van der Waals surface area contributed by atoms with Gasteiger partial charge in [-0.1, -0.05) is 19.8 Å². The van der Waals surface area contributed by atoms with E-state index in [-0.39, 0.29) is 11.6 Å². The van der Waals surface area contributed by atoms with E-state index in [1.54, 1.807) is 0 Å². The zero-order valence-electron chi connectivity index (χ0n) is 11.7. The van der Waals surface area contributed by atoms with Crippen molar-refractivity contribution in [2.45, 2.75) is 46.1 Å². The zero-order valence-corrected chi connectivity index (χ0v) is 11.7. The number of carboxylic acids is 1. The molecule has 1 rings (SSSR count). The van der Waals surface area contributed by atoms with E-state index in [4.69, 9.17) is 5.11 Å². The predicted octanol–water partition coefficient (Wildman–Crippen LogP) is 3.32. The van der Waals surface area contributed by atoms with Crippen molar-refractivity contribution < 1.29 is 14.3 Å². The Morgan fingerprint density at radius 2 is 2.16 bits per heavy atom. The van der Waals surface area contributed by atoms with Crippen LogP contribution in [0.15, 0.2) is 12.3 Å². The highest BCUT2D eigenvalue weighted by Crippen LogP contribution is 2.21. The topological polar surface area (TPSA) is 53.4 Å². The first-order valence-electron chi connectivity index (χ1n) is 6.62. The molecular formula is C14H21FN2O2. The second-order valence-corrected chi connectivity index (χ2v) is 4.82. The molecule has 5 heteroatoms. The van der Waals surface area contributed by atoms with E-state index in [1.807, 2.05) is 18.7 Å². The summed E-state index contributed by atoms with van der Waals surface area (Å²) >= 11 is 0. The van der Waals surface area contributed by atoms with Crippen LogP contribution in [0.3, 0.4) is 0 Å². The fourth-order valence-electron chi connectivity index (χ4n) is 1.96. The molecule has 0 aliphatic rings. The molecule has 1 aromatic rings. The SMILES string of the molecule is CCCCCN(c1ncc(F)cc1C(=O)O)C(C)C. The summed E-state index contributed by atoms with van der Waals surface area (Å²) in [5, 5.41) is 9.16. The number of rotatable bonds is 7. The Morgan fingerprint density at radius 1 is 1.47 bits per heavy atom. The van der Waals surface area contributed by atoms with Crippen LogP contribution in [-0.4, -0.2) is 28.6 Å². The van der Waals surface area contributed by atoms with Crippen molar-refractivity contribution in [2.75, 3.05) is 11.4 Å². The van der Waals surface area contributed by atoms with Crippen LogP contribution in [0.25, 0.3) is 0 Å². The molecule has 0 bridgehead atoms. The van der Waals surface area contributed by atoms with Crippen LogP contribution in [0.2, 0.25) is 0 Å². The van der Waals surface area contributed by atoms with Gasteiger partial charge >= 0.3 is 5.97 Å². The molecule has 0 aliphatic carbocycles. The lowest BCUT2D eigenvalue weighted by molar-refractivity contribution is 0.0696. The quantitative estimate of drug-likeness (QED) is 0.771. The summed E-state index contributed by atoms with van der Waals surface area (Å²) in [5.74, 6) is -1.43. The number of anilines is 1. The number of nitrogens with zero attached hydrogens (tertiary/aromatic N) is 2. The molecule has 0 fully saturated rings.